The molecule has 31 heavy (non-hydrogen) atoms. The van der Waals surface area contributed by atoms with E-state index >= 15 is 0 Å². The first-order chi connectivity index (χ1) is 14.8. The highest BCUT2D eigenvalue weighted by Gasteiger charge is 2.24. The Bertz CT molecular complexity index is 680. The zero-order valence-electron chi connectivity index (χ0n) is 19.2. The number of ether oxygens (including phenoxy) is 1. The first-order valence-corrected chi connectivity index (χ1v) is 12.3. The molecule has 0 aromatic carbocycles. The van der Waals surface area contributed by atoms with Crippen LogP contribution < -0.4 is 5.32 Å². The van der Waals surface area contributed by atoms with Gasteiger partial charge >= 0.3 is 0 Å². The van der Waals surface area contributed by atoms with Gasteiger partial charge in [0.15, 0.2) is 5.96 Å². The Morgan fingerprint density at radius 2 is 1.84 bits per heavy atom. The lowest BCUT2D eigenvalue weighted by Gasteiger charge is -2.34. The number of guanidine groups is 1. The minimum Gasteiger partial charge on any atom is -0.378 e. The molecule has 176 valence electrons. The van der Waals surface area contributed by atoms with E-state index in [0.717, 1.165) is 82.6 Å². The van der Waals surface area contributed by atoms with E-state index in [0.29, 0.717) is 6.10 Å². The summed E-state index contributed by atoms with van der Waals surface area (Å²) in [6, 6.07) is 0. The second-order valence-corrected chi connectivity index (χ2v) is 9.24. The van der Waals surface area contributed by atoms with Crippen LogP contribution in [0.1, 0.15) is 75.9 Å². The summed E-state index contributed by atoms with van der Waals surface area (Å²) in [4.78, 5) is 6.91. The normalized spacial score (nSPS) is 20.9. The topological polar surface area (TPSA) is 67.6 Å². The number of likely N-dealkylation sites (tertiary alicyclic amines) is 1. The molecule has 7 nitrogen and oxygen atoms in total. The lowest BCUT2D eigenvalue weighted by molar-refractivity contribution is 0.00102. The van der Waals surface area contributed by atoms with E-state index in [9.17, 15) is 0 Å². The van der Waals surface area contributed by atoms with E-state index < -0.39 is 0 Å². The van der Waals surface area contributed by atoms with Crippen LogP contribution in [0.5, 0.6) is 0 Å². The monoisotopic (exact) mass is 544 g/mol. The maximum absolute atomic E-state index is 6.22. The summed E-state index contributed by atoms with van der Waals surface area (Å²) in [6.07, 6.45) is 15.1. The second-order valence-electron chi connectivity index (χ2n) is 9.24. The third kappa shape index (κ3) is 7.04. The maximum atomic E-state index is 6.22. The number of halogens is 1. The number of nitrogens with zero attached hydrogens (tertiary/aromatic N) is 5. The number of rotatable bonds is 7. The molecule has 4 rings (SSSR count). The maximum Gasteiger partial charge on any atom is 0.193 e. The predicted molar refractivity (Wildman–Crippen MR) is 135 cm³/mol. The molecule has 0 bridgehead atoms. The van der Waals surface area contributed by atoms with E-state index in [-0.39, 0.29) is 24.0 Å². The van der Waals surface area contributed by atoms with Crippen LogP contribution in [-0.2, 0) is 24.1 Å². The molecular formula is C23H41IN6O. The standard InChI is InChI=1S/C23H40N6O.HI/c1-24-23(28-16-12-20(13-17-28)30-18-19-8-4-5-9-19)25-14-7-11-22-27-26-21-10-3-2-6-15-29(21)22;/h19-20H,2-18H2,1H3,(H,24,25);1H. The Hall–Kier alpha value is -0.900. The number of aromatic nitrogens is 3. The molecule has 3 aliphatic rings. The van der Waals surface area contributed by atoms with Crippen molar-refractivity contribution in [2.75, 3.05) is 33.3 Å². The highest BCUT2D eigenvalue weighted by atomic mass is 127. The molecule has 1 aromatic rings. The van der Waals surface area contributed by atoms with Crippen LogP contribution in [0.15, 0.2) is 4.99 Å². The van der Waals surface area contributed by atoms with Gasteiger partial charge in [-0.25, -0.2) is 0 Å². The Labute approximate surface area is 204 Å². The van der Waals surface area contributed by atoms with Gasteiger partial charge in [0.1, 0.15) is 11.6 Å². The Balaban J connectivity index is 0.00000272. The number of fused-ring (bicyclic) bond motifs is 1. The lowest BCUT2D eigenvalue weighted by Crippen LogP contribution is -2.47. The van der Waals surface area contributed by atoms with Crippen molar-refractivity contribution in [3.63, 3.8) is 0 Å². The van der Waals surface area contributed by atoms with Gasteiger partial charge in [0, 0.05) is 52.7 Å². The van der Waals surface area contributed by atoms with Gasteiger partial charge in [0.05, 0.1) is 6.10 Å². The average Bonchev–Trinajstić information content (AvgIpc) is 3.37. The van der Waals surface area contributed by atoms with Gasteiger partial charge < -0.3 is 19.5 Å². The van der Waals surface area contributed by atoms with Crippen LogP contribution in [-0.4, -0.2) is 65.0 Å². The van der Waals surface area contributed by atoms with Crippen LogP contribution >= 0.6 is 24.0 Å². The van der Waals surface area contributed by atoms with Crippen LogP contribution in [0.2, 0.25) is 0 Å². The third-order valence-electron chi connectivity index (χ3n) is 7.04. The molecule has 8 heteroatoms. The minimum absolute atomic E-state index is 0. The number of piperidine rings is 1. The van der Waals surface area contributed by atoms with Gasteiger partial charge in [-0.15, -0.1) is 34.2 Å². The first-order valence-electron chi connectivity index (χ1n) is 12.3. The molecule has 1 saturated heterocycles. The number of nitrogens with one attached hydrogen (secondary N) is 1. The van der Waals surface area contributed by atoms with E-state index in [2.05, 4.69) is 30.0 Å². The fourth-order valence-corrected chi connectivity index (χ4v) is 5.19. The van der Waals surface area contributed by atoms with E-state index in [1.807, 2.05) is 7.05 Å². The minimum atomic E-state index is 0. The summed E-state index contributed by atoms with van der Waals surface area (Å²) in [7, 11) is 1.89. The Morgan fingerprint density at radius 3 is 2.61 bits per heavy atom. The van der Waals surface area contributed by atoms with Crippen LogP contribution in [0.4, 0.5) is 0 Å². The highest BCUT2D eigenvalue weighted by Crippen LogP contribution is 2.26. The molecule has 0 unspecified atom stereocenters. The number of hydrogen-bond donors (Lipinski definition) is 1. The fraction of sp³-hybridized carbons (Fsp3) is 0.870. The van der Waals surface area contributed by atoms with E-state index in [4.69, 9.17) is 4.74 Å². The van der Waals surface area contributed by atoms with Crippen molar-refractivity contribution in [1.29, 1.82) is 0 Å². The van der Waals surface area contributed by atoms with Crippen molar-refractivity contribution in [3.05, 3.63) is 11.6 Å². The molecule has 0 radical (unpaired) electrons. The van der Waals surface area contributed by atoms with Crippen LogP contribution in [0.3, 0.4) is 0 Å². The summed E-state index contributed by atoms with van der Waals surface area (Å²) < 4.78 is 8.58. The van der Waals surface area contributed by atoms with Crippen molar-refractivity contribution in [1.82, 2.24) is 25.0 Å². The molecule has 0 amide bonds. The van der Waals surface area contributed by atoms with Crippen molar-refractivity contribution < 1.29 is 4.74 Å². The Morgan fingerprint density at radius 1 is 1.03 bits per heavy atom. The third-order valence-corrected chi connectivity index (χ3v) is 7.04. The molecule has 1 N–H and O–H groups in total. The predicted octanol–water partition coefficient (Wildman–Crippen LogP) is 3.80. The number of hydrogen-bond acceptors (Lipinski definition) is 4. The Kier molecular flexibility index (Phi) is 10.3. The fourth-order valence-electron chi connectivity index (χ4n) is 5.19. The highest BCUT2D eigenvalue weighted by molar-refractivity contribution is 14.0. The second kappa shape index (κ2) is 13.0. The zero-order chi connectivity index (χ0) is 20.6. The molecule has 1 aliphatic carbocycles. The molecule has 0 spiro atoms. The molecule has 1 aromatic heterocycles. The summed E-state index contributed by atoms with van der Waals surface area (Å²) >= 11 is 0. The molecule has 1 saturated carbocycles. The smallest absolute Gasteiger partial charge is 0.193 e. The zero-order valence-corrected chi connectivity index (χ0v) is 21.6. The van der Waals surface area contributed by atoms with Crippen molar-refractivity contribution in [2.45, 2.75) is 89.7 Å². The summed E-state index contributed by atoms with van der Waals surface area (Å²) in [6.45, 7) is 5.06. The van der Waals surface area contributed by atoms with Gasteiger partial charge in [-0.05, 0) is 50.9 Å². The van der Waals surface area contributed by atoms with Gasteiger partial charge in [-0.2, -0.15) is 0 Å². The quantitative estimate of drug-likeness (QED) is 0.245. The summed E-state index contributed by atoms with van der Waals surface area (Å²) in [5, 5.41) is 12.4. The molecule has 2 aliphatic heterocycles. The van der Waals surface area contributed by atoms with Gasteiger partial charge in [0.25, 0.3) is 0 Å². The van der Waals surface area contributed by atoms with E-state index in [1.165, 1.54) is 50.8 Å². The van der Waals surface area contributed by atoms with Crippen LogP contribution in [0.25, 0.3) is 0 Å². The number of aryl methyl sites for hydroxylation is 2. The van der Waals surface area contributed by atoms with Crippen molar-refractivity contribution in [3.8, 4) is 0 Å². The van der Waals surface area contributed by atoms with Crippen LogP contribution in [0, 0.1) is 5.92 Å². The summed E-state index contributed by atoms with van der Waals surface area (Å²) in [5.41, 5.74) is 0. The van der Waals surface area contributed by atoms with Crippen molar-refractivity contribution >= 4 is 29.9 Å². The molecule has 0 atom stereocenters. The molecule has 2 fully saturated rings. The average molecular weight is 545 g/mol. The van der Waals surface area contributed by atoms with Gasteiger partial charge in [0.2, 0.25) is 0 Å². The first kappa shape index (κ1) is 24.7. The van der Waals surface area contributed by atoms with Gasteiger partial charge in [-0.3, -0.25) is 4.99 Å². The largest absolute Gasteiger partial charge is 0.378 e. The summed E-state index contributed by atoms with van der Waals surface area (Å²) in [5.74, 6) is 4.19. The van der Waals surface area contributed by atoms with E-state index in [1.54, 1.807) is 0 Å². The molecule has 3 heterocycles. The number of aliphatic imine (C=N–C) groups is 1. The lowest BCUT2D eigenvalue weighted by atomic mass is 10.1. The molecular weight excluding hydrogens is 503 g/mol. The van der Waals surface area contributed by atoms with Gasteiger partial charge in [-0.1, -0.05) is 19.3 Å². The van der Waals surface area contributed by atoms with Crippen molar-refractivity contribution in [2.24, 2.45) is 10.9 Å². The SMILES string of the molecule is CN=C(NCCCc1nnc2n1CCCCC2)N1CCC(OCC2CCCC2)CC1.I.